The molecule has 0 atom stereocenters. The lowest BCUT2D eigenvalue weighted by Crippen LogP contribution is -2.22. The standard InChI is InChI=1S/C31H31ClN4O3S/c1-18-13-24-26(14-19(18)2)36(17-21-15-20-8-9-22(40-5)16-25(20)34-29(21)32)28(31(38)39-12-11-35(3)4)27(24)23-7-6-10-33-30(23)37/h6-10,13-16H,11-12,17H2,1-5H3,(H,33,37). The molecule has 0 saturated heterocycles. The molecule has 0 radical (unpaired) electrons. The molecule has 5 rings (SSSR count). The third kappa shape index (κ3) is 5.39. The molecule has 5 aromatic rings. The van der Waals surface area contributed by atoms with Crippen LogP contribution in [-0.4, -0.2) is 58.9 Å². The van der Waals surface area contributed by atoms with Crippen molar-refractivity contribution in [3.63, 3.8) is 0 Å². The summed E-state index contributed by atoms with van der Waals surface area (Å²) in [4.78, 5) is 37.4. The molecule has 0 fully saturated rings. The van der Waals surface area contributed by atoms with Crippen molar-refractivity contribution in [1.29, 1.82) is 0 Å². The van der Waals surface area contributed by atoms with Crippen LogP contribution in [0.2, 0.25) is 5.15 Å². The van der Waals surface area contributed by atoms with Gasteiger partial charge in [-0.1, -0.05) is 17.7 Å². The summed E-state index contributed by atoms with van der Waals surface area (Å²) in [6.45, 7) is 5.11. The number of aromatic amines is 1. The molecule has 3 heterocycles. The lowest BCUT2D eigenvalue weighted by Gasteiger charge is -2.15. The monoisotopic (exact) mass is 574 g/mol. The molecule has 40 heavy (non-hydrogen) atoms. The molecule has 2 aromatic carbocycles. The molecule has 0 bridgehead atoms. The van der Waals surface area contributed by atoms with Gasteiger partial charge in [-0.25, -0.2) is 9.78 Å². The maximum Gasteiger partial charge on any atom is 0.355 e. The lowest BCUT2D eigenvalue weighted by atomic mass is 10.00. The number of H-pyrrole nitrogens is 1. The minimum Gasteiger partial charge on any atom is -0.460 e. The molecule has 7 nitrogen and oxygen atoms in total. The third-order valence-electron chi connectivity index (χ3n) is 7.11. The van der Waals surface area contributed by atoms with Gasteiger partial charge in [0, 0.05) is 50.6 Å². The minimum atomic E-state index is -0.499. The second-order valence-corrected chi connectivity index (χ2v) is 11.4. The first-order chi connectivity index (χ1) is 19.2. The van der Waals surface area contributed by atoms with Crippen molar-refractivity contribution >= 4 is 51.1 Å². The fourth-order valence-corrected chi connectivity index (χ4v) is 5.48. The van der Waals surface area contributed by atoms with Crippen molar-refractivity contribution in [2.45, 2.75) is 25.3 Å². The summed E-state index contributed by atoms with van der Waals surface area (Å²) >= 11 is 8.39. The number of fused-ring (bicyclic) bond motifs is 2. The summed E-state index contributed by atoms with van der Waals surface area (Å²) in [6.07, 6.45) is 3.60. The molecule has 0 aliphatic heterocycles. The number of carbonyl (C=O) groups excluding carboxylic acids is 1. The molecule has 0 saturated carbocycles. The van der Waals surface area contributed by atoms with Crippen LogP contribution >= 0.6 is 23.4 Å². The van der Waals surface area contributed by atoms with Gasteiger partial charge in [-0.2, -0.15) is 0 Å². The normalized spacial score (nSPS) is 11.6. The van der Waals surface area contributed by atoms with E-state index in [2.05, 4.69) is 22.1 Å². The fraction of sp³-hybridized carbons (Fsp3) is 0.258. The summed E-state index contributed by atoms with van der Waals surface area (Å²) in [5, 5.41) is 2.12. The number of nitrogens with zero attached hydrogens (tertiary/aromatic N) is 3. The number of benzene rings is 2. The number of aryl methyl sites for hydroxylation is 2. The van der Waals surface area contributed by atoms with Crippen LogP contribution in [0, 0.1) is 13.8 Å². The Labute approximate surface area is 242 Å². The predicted molar refractivity (Wildman–Crippen MR) is 164 cm³/mol. The van der Waals surface area contributed by atoms with Gasteiger partial charge in [-0.05, 0) is 87.8 Å². The van der Waals surface area contributed by atoms with Crippen LogP contribution in [-0.2, 0) is 11.3 Å². The van der Waals surface area contributed by atoms with Crippen LogP contribution in [0.15, 0.2) is 64.4 Å². The van der Waals surface area contributed by atoms with Gasteiger partial charge in [0.05, 0.1) is 12.1 Å². The van der Waals surface area contributed by atoms with Gasteiger partial charge in [0.1, 0.15) is 17.5 Å². The van der Waals surface area contributed by atoms with Gasteiger partial charge in [0.2, 0.25) is 0 Å². The molecule has 1 N–H and O–H groups in total. The Morgan fingerprint density at radius 1 is 1.12 bits per heavy atom. The first-order valence-electron chi connectivity index (χ1n) is 12.9. The summed E-state index contributed by atoms with van der Waals surface area (Å²) in [6, 6.07) is 15.7. The van der Waals surface area contributed by atoms with E-state index in [1.165, 1.54) is 0 Å². The lowest BCUT2D eigenvalue weighted by molar-refractivity contribution is 0.0471. The van der Waals surface area contributed by atoms with E-state index < -0.39 is 5.97 Å². The Hall–Kier alpha value is -3.59. The number of hydrogen-bond donors (Lipinski definition) is 1. The number of halogens is 1. The zero-order valence-electron chi connectivity index (χ0n) is 23.2. The van der Waals surface area contributed by atoms with Gasteiger partial charge >= 0.3 is 5.97 Å². The highest BCUT2D eigenvalue weighted by Gasteiger charge is 2.28. The number of hydrogen-bond acceptors (Lipinski definition) is 6. The summed E-state index contributed by atoms with van der Waals surface area (Å²) in [7, 11) is 3.84. The summed E-state index contributed by atoms with van der Waals surface area (Å²) in [5.41, 5.74) is 5.49. The van der Waals surface area contributed by atoms with E-state index in [-0.39, 0.29) is 18.7 Å². The number of pyridine rings is 2. The van der Waals surface area contributed by atoms with E-state index in [0.29, 0.717) is 28.5 Å². The van der Waals surface area contributed by atoms with E-state index >= 15 is 0 Å². The van der Waals surface area contributed by atoms with Gasteiger partial charge in [-0.15, -0.1) is 11.8 Å². The number of esters is 1. The van der Waals surface area contributed by atoms with Crippen LogP contribution in [0.4, 0.5) is 0 Å². The summed E-state index contributed by atoms with van der Waals surface area (Å²) < 4.78 is 7.68. The molecule has 0 aliphatic carbocycles. The van der Waals surface area contributed by atoms with Crippen molar-refractivity contribution in [3.05, 3.63) is 92.6 Å². The smallest absolute Gasteiger partial charge is 0.355 e. The van der Waals surface area contributed by atoms with Crippen LogP contribution in [0.5, 0.6) is 0 Å². The first kappa shape index (κ1) is 28.0. The Bertz CT molecular complexity index is 1810. The van der Waals surface area contributed by atoms with Crippen LogP contribution in [0.3, 0.4) is 0 Å². The minimum absolute atomic E-state index is 0.214. The quantitative estimate of drug-likeness (QED) is 0.133. The number of nitrogens with one attached hydrogen (secondary N) is 1. The maximum absolute atomic E-state index is 13.8. The average molecular weight is 575 g/mol. The molecular formula is C31H31ClN4O3S. The molecule has 0 unspecified atom stereocenters. The van der Waals surface area contributed by atoms with Crippen molar-refractivity contribution in [3.8, 4) is 11.1 Å². The van der Waals surface area contributed by atoms with Gasteiger partial charge < -0.3 is 19.2 Å². The van der Waals surface area contributed by atoms with E-state index in [1.54, 1.807) is 30.1 Å². The van der Waals surface area contributed by atoms with Crippen molar-refractivity contribution in [2.24, 2.45) is 0 Å². The highest BCUT2D eigenvalue weighted by Crippen LogP contribution is 2.37. The number of aromatic nitrogens is 3. The summed E-state index contributed by atoms with van der Waals surface area (Å²) in [5.74, 6) is -0.499. The number of ether oxygens (including phenoxy) is 1. The first-order valence-corrected chi connectivity index (χ1v) is 14.5. The van der Waals surface area contributed by atoms with Crippen LogP contribution in [0.1, 0.15) is 27.2 Å². The fourth-order valence-electron chi connectivity index (χ4n) is 4.84. The Morgan fingerprint density at radius 3 is 2.62 bits per heavy atom. The Balaban J connectivity index is 1.76. The van der Waals surface area contributed by atoms with Crippen molar-refractivity contribution < 1.29 is 9.53 Å². The van der Waals surface area contributed by atoms with E-state index in [4.69, 9.17) is 16.3 Å². The van der Waals surface area contributed by atoms with Gasteiger partial charge in [0.25, 0.3) is 5.56 Å². The molecular weight excluding hydrogens is 544 g/mol. The van der Waals surface area contributed by atoms with Crippen molar-refractivity contribution in [2.75, 3.05) is 33.5 Å². The Morgan fingerprint density at radius 2 is 1.90 bits per heavy atom. The van der Waals surface area contributed by atoms with Gasteiger partial charge in [-0.3, -0.25) is 4.79 Å². The van der Waals surface area contributed by atoms with Gasteiger partial charge in [0.15, 0.2) is 0 Å². The van der Waals surface area contributed by atoms with E-state index in [0.717, 1.165) is 43.4 Å². The number of likely N-dealkylation sites (N-methyl/N-ethyl adjacent to an activating group) is 1. The number of carbonyl (C=O) groups is 1. The average Bonchev–Trinajstić information content (AvgIpc) is 3.21. The SMILES string of the molecule is CSc1ccc2cc(Cn3c(C(=O)OCCN(C)C)c(-c4ccc[nH]c4=O)c4cc(C)c(C)cc43)c(Cl)nc2c1. The largest absolute Gasteiger partial charge is 0.460 e. The molecule has 0 spiro atoms. The molecule has 0 amide bonds. The van der Waals surface area contributed by atoms with Crippen LogP contribution in [0.25, 0.3) is 32.9 Å². The molecule has 9 heteroatoms. The predicted octanol–water partition coefficient (Wildman–Crippen LogP) is 6.30. The third-order valence-corrected chi connectivity index (χ3v) is 8.16. The molecule has 3 aromatic heterocycles. The maximum atomic E-state index is 13.8. The second kappa shape index (κ2) is 11.5. The molecule has 0 aliphatic rings. The van der Waals surface area contributed by atoms with E-state index in [9.17, 15) is 9.59 Å². The van der Waals surface area contributed by atoms with E-state index in [1.807, 2.05) is 67.9 Å². The van der Waals surface area contributed by atoms with Crippen molar-refractivity contribution in [1.82, 2.24) is 19.4 Å². The van der Waals surface area contributed by atoms with Crippen LogP contribution < -0.4 is 5.56 Å². The zero-order valence-corrected chi connectivity index (χ0v) is 24.7. The highest BCUT2D eigenvalue weighted by atomic mass is 35.5. The highest BCUT2D eigenvalue weighted by molar-refractivity contribution is 7.98. The number of thioether (sulfide) groups is 1. The topological polar surface area (TPSA) is 80.2 Å². The molecule has 206 valence electrons. The second-order valence-electron chi connectivity index (χ2n) is 10.1. The Kier molecular flexibility index (Phi) is 8.03. The zero-order chi connectivity index (χ0) is 28.6. The number of rotatable bonds is 8.